The number of carbonyl (C=O) groups excluding carboxylic acids is 2. The number of anilines is 1. The number of hydrogen-bond donors (Lipinski definition) is 1. The van der Waals surface area contributed by atoms with E-state index in [0.29, 0.717) is 34.6 Å². The number of rotatable bonds is 9. The summed E-state index contributed by atoms with van der Waals surface area (Å²) in [6, 6.07) is 23.7. The first-order chi connectivity index (χ1) is 19.5. The van der Waals surface area contributed by atoms with Gasteiger partial charge in [-0.25, -0.2) is 0 Å². The summed E-state index contributed by atoms with van der Waals surface area (Å²) < 4.78 is 0. The van der Waals surface area contributed by atoms with Crippen LogP contribution in [0.25, 0.3) is 6.08 Å². The molecule has 2 aliphatic heterocycles. The lowest BCUT2D eigenvalue weighted by molar-refractivity contribution is -0.114. The van der Waals surface area contributed by atoms with Crippen molar-refractivity contribution in [1.29, 1.82) is 0 Å². The van der Waals surface area contributed by atoms with Crippen LogP contribution in [0.4, 0.5) is 5.69 Å². The third-order valence-electron chi connectivity index (χ3n) is 7.66. The Morgan fingerprint density at radius 1 is 1.07 bits per heavy atom. The lowest BCUT2D eigenvalue weighted by Crippen LogP contribution is -2.40. The lowest BCUT2D eigenvalue weighted by Gasteiger charge is -2.35. The van der Waals surface area contributed by atoms with Gasteiger partial charge in [0.2, 0.25) is 0 Å². The largest absolute Gasteiger partial charge is 0.352 e. The molecule has 7 heteroatoms. The number of nitrogens with zero attached hydrogens (tertiary/aromatic N) is 2. The fraction of sp³-hybridized carbons (Fsp3) is 0.333. The predicted molar refractivity (Wildman–Crippen MR) is 166 cm³/mol. The van der Waals surface area contributed by atoms with Crippen LogP contribution in [0.15, 0.2) is 82.6 Å². The van der Waals surface area contributed by atoms with E-state index in [1.807, 2.05) is 78.9 Å². The van der Waals surface area contributed by atoms with Gasteiger partial charge in [0.15, 0.2) is 0 Å². The van der Waals surface area contributed by atoms with Crippen LogP contribution in [-0.4, -0.2) is 42.4 Å². The Morgan fingerprint density at radius 2 is 1.90 bits per heavy atom. The molecule has 5 rings (SSSR count). The maximum absolute atomic E-state index is 13.6. The Morgan fingerprint density at radius 3 is 2.70 bits per heavy atom. The first kappa shape index (κ1) is 28.5. The summed E-state index contributed by atoms with van der Waals surface area (Å²) in [4.78, 5) is 32.4. The molecule has 0 saturated carbocycles. The van der Waals surface area contributed by atoms with Crippen molar-refractivity contribution in [3.05, 3.63) is 99.4 Å². The standard InChI is InChI=1S/C33H36ClN3O2S/c1-2-28-11-5-6-19-36(28)20-8-18-35-32(38)26-16-14-24(15-17-26)22-31-33(39)37(23-25-9-7-10-27(34)21-25)29-12-3-4-13-30(29)40-31/h3-4,7,9-10,12-17,21-22,28H,2,5-6,8,11,18-20,23H2,1H3,(H,35,38). The van der Waals surface area contributed by atoms with Crippen LogP contribution in [0.5, 0.6) is 0 Å². The molecule has 2 aliphatic rings. The number of thioether (sulfide) groups is 1. The Balaban J connectivity index is 1.22. The first-order valence-electron chi connectivity index (χ1n) is 14.2. The number of hydrogen-bond acceptors (Lipinski definition) is 4. The third-order valence-corrected chi connectivity index (χ3v) is 8.97. The van der Waals surface area contributed by atoms with E-state index in [2.05, 4.69) is 17.1 Å². The van der Waals surface area contributed by atoms with Gasteiger partial charge in [0.05, 0.1) is 17.1 Å². The normalized spacial score (nSPS) is 18.6. The molecule has 3 aromatic rings. The van der Waals surface area contributed by atoms with E-state index < -0.39 is 0 Å². The smallest absolute Gasteiger partial charge is 0.265 e. The maximum Gasteiger partial charge on any atom is 0.265 e. The van der Waals surface area contributed by atoms with Crippen molar-refractivity contribution < 1.29 is 9.59 Å². The number of carbonyl (C=O) groups is 2. The fourth-order valence-electron chi connectivity index (χ4n) is 5.52. The molecule has 0 aliphatic carbocycles. The number of nitrogens with one attached hydrogen (secondary N) is 1. The molecular formula is C33H36ClN3O2S. The van der Waals surface area contributed by atoms with Gasteiger partial charge in [0.25, 0.3) is 11.8 Å². The Hall–Kier alpha value is -3.06. The van der Waals surface area contributed by atoms with Crippen molar-refractivity contribution in [3.8, 4) is 0 Å². The highest BCUT2D eigenvalue weighted by molar-refractivity contribution is 8.04. The van der Waals surface area contributed by atoms with Crippen molar-refractivity contribution in [3.63, 3.8) is 0 Å². The summed E-state index contributed by atoms with van der Waals surface area (Å²) in [6.45, 7) is 5.58. The van der Waals surface area contributed by atoms with Crippen LogP contribution in [0.2, 0.25) is 5.02 Å². The summed E-state index contributed by atoms with van der Waals surface area (Å²) in [5.74, 6) is -0.112. The second-order valence-corrected chi connectivity index (χ2v) is 11.9. The van der Waals surface area contributed by atoms with Crippen LogP contribution < -0.4 is 10.2 Å². The number of likely N-dealkylation sites (tertiary alicyclic amines) is 1. The van der Waals surface area contributed by atoms with Crippen LogP contribution >= 0.6 is 23.4 Å². The monoisotopic (exact) mass is 573 g/mol. The van der Waals surface area contributed by atoms with E-state index in [-0.39, 0.29) is 11.8 Å². The highest BCUT2D eigenvalue weighted by Crippen LogP contribution is 2.42. The second-order valence-electron chi connectivity index (χ2n) is 10.4. The van der Waals surface area contributed by atoms with Crippen LogP contribution in [0, 0.1) is 0 Å². The molecule has 2 amide bonds. The zero-order valence-corrected chi connectivity index (χ0v) is 24.5. The SMILES string of the molecule is CCC1CCCCN1CCCNC(=O)c1ccc(C=C2Sc3ccccc3N(Cc3cccc(Cl)c3)C2=O)cc1. The molecule has 208 valence electrons. The maximum atomic E-state index is 13.6. The topological polar surface area (TPSA) is 52.7 Å². The Bertz CT molecular complexity index is 1370. The molecule has 1 atom stereocenters. The Kier molecular flexibility index (Phi) is 9.63. The van der Waals surface area contributed by atoms with Crippen molar-refractivity contribution in [1.82, 2.24) is 10.2 Å². The minimum atomic E-state index is -0.0605. The van der Waals surface area contributed by atoms with Gasteiger partial charge in [0.1, 0.15) is 0 Å². The molecule has 0 bridgehead atoms. The molecule has 0 radical (unpaired) electrons. The predicted octanol–water partition coefficient (Wildman–Crippen LogP) is 7.40. The molecule has 1 saturated heterocycles. The van der Waals surface area contributed by atoms with Gasteiger partial charge >= 0.3 is 0 Å². The van der Waals surface area contributed by atoms with E-state index >= 15 is 0 Å². The molecule has 40 heavy (non-hydrogen) atoms. The average molecular weight is 574 g/mol. The highest BCUT2D eigenvalue weighted by Gasteiger charge is 2.29. The van der Waals surface area contributed by atoms with E-state index in [9.17, 15) is 9.59 Å². The number of fused-ring (bicyclic) bond motifs is 1. The van der Waals surface area contributed by atoms with E-state index in [1.54, 1.807) is 4.90 Å². The van der Waals surface area contributed by atoms with Gasteiger partial charge in [-0.15, -0.1) is 0 Å². The van der Waals surface area contributed by atoms with E-state index in [1.165, 1.54) is 44.0 Å². The molecule has 2 heterocycles. The highest BCUT2D eigenvalue weighted by atomic mass is 35.5. The van der Waals surface area contributed by atoms with Crippen molar-refractivity contribution in [2.24, 2.45) is 0 Å². The summed E-state index contributed by atoms with van der Waals surface area (Å²) >= 11 is 7.67. The average Bonchev–Trinajstić information content (AvgIpc) is 2.98. The van der Waals surface area contributed by atoms with E-state index in [4.69, 9.17) is 11.6 Å². The second kappa shape index (κ2) is 13.5. The van der Waals surface area contributed by atoms with Crippen molar-refractivity contribution in [2.45, 2.75) is 56.5 Å². The number of para-hydroxylation sites is 1. The molecule has 1 fully saturated rings. The fourth-order valence-corrected chi connectivity index (χ4v) is 6.79. The Labute approximate surface area is 246 Å². The summed E-state index contributed by atoms with van der Waals surface area (Å²) in [5.41, 5.74) is 3.37. The number of halogens is 1. The summed E-state index contributed by atoms with van der Waals surface area (Å²) in [7, 11) is 0. The van der Waals surface area contributed by atoms with Crippen molar-refractivity contribution in [2.75, 3.05) is 24.5 Å². The van der Waals surface area contributed by atoms with Gasteiger partial charge < -0.3 is 15.1 Å². The van der Waals surface area contributed by atoms with Gasteiger partial charge in [-0.2, -0.15) is 0 Å². The molecule has 5 nitrogen and oxygen atoms in total. The number of benzene rings is 3. The molecule has 0 aromatic heterocycles. The lowest BCUT2D eigenvalue weighted by atomic mass is 10.00. The number of piperidine rings is 1. The molecule has 0 spiro atoms. The minimum absolute atomic E-state index is 0.0514. The zero-order valence-electron chi connectivity index (χ0n) is 22.9. The van der Waals surface area contributed by atoms with Crippen molar-refractivity contribution >= 4 is 46.9 Å². The molecule has 1 unspecified atom stereocenters. The van der Waals surface area contributed by atoms with Gasteiger partial charge in [-0.3, -0.25) is 9.59 Å². The van der Waals surface area contributed by atoms with E-state index in [0.717, 1.165) is 34.7 Å². The summed E-state index contributed by atoms with van der Waals surface area (Å²) in [6.07, 6.45) is 7.96. The van der Waals surface area contributed by atoms with Gasteiger partial charge in [0, 0.05) is 34.6 Å². The van der Waals surface area contributed by atoms with Crippen LogP contribution in [-0.2, 0) is 11.3 Å². The molecular weight excluding hydrogens is 538 g/mol. The van der Waals surface area contributed by atoms with Gasteiger partial charge in [-0.1, -0.05) is 73.1 Å². The third kappa shape index (κ3) is 6.98. The molecule has 1 N–H and O–H groups in total. The number of amides is 2. The van der Waals surface area contributed by atoms with Gasteiger partial charge in [-0.05, 0) is 85.8 Å². The molecule has 3 aromatic carbocycles. The van der Waals surface area contributed by atoms with Crippen LogP contribution in [0.3, 0.4) is 0 Å². The first-order valence-corrected chi connectivity index (χ1v) is 15.4. The minimum Gasteiger partial charge on any atom is -0.352 e. The zero-order chi connectivity index (χ0) is 27.9. The van der Waals surface area contributed by atoms with Crippen LogP contribution in [0.1, 0.15) is 60.5 Å². The summed E-state index contributed by atoms with van der Waals surface area (Å²) in [5, 5.41) is 3.72. The quantitative estimate of drug-likeness (QED) is 0.214.